The van der Waals surface area contributed by atoms with Crippen LogP contribution in [0.4, 0.5) is 0 Å². The minimum Gasteiger partial charge on any atom is -0.269 e. The quantitative estimate of drug-likeness (QED) is 0.878. The smallest absolute Gasteiger partial charge is 0.174 e. The van der Waals surface area contributed by atoms with Crippen molar-refractivity contribution >= 4 is 28.9 Å². The third-order valence-electron chi connectivity index (χ3n) is 2.72. The molecule has 1 aromatic heterocycles. The highest BCUT2D eigenvalue weighted by Crippen LogP contribution is 2.23. The molecule has 3 rings (SSSR count). The molecule has 5 nitrogen and oxygen atoms in total. The Labute approximate surface area is 125 Å². The Balaban J connectivity index is 1.54. The summed E-state index contributed by atoms with van der Waals surface area (Å²) in [6, 6.07) is 9.97. The van der Waals surface area contributed by atoms with Crippen LogP contribution in [-0.2, 0) is 4.84 Å². The summed E-state index contributed by atoms with van der Waals surface area (Å²) in [5.74, 6) is 1.60. The Bertz CT molecular complexity index is 599. The lowest BCUT2D eigenvalue weighted by atomic mass is 10.2. The Kier molecular flexibility index (Phi) is 4.29. The number of hydrogen-bond acceptors (Lipinski definition) is 7. The van der Waals surface area contributed by atoms with E-state index < -0.39 is 0 Å². The Morgan fingerprint density at radius 1 is 1.35 bits per heavy atom. The van der Waals surface area contributed by atoms with Crippen LogP contribution in [-0.4, -0.2) is 34.4 Å². The SMILES string of the molecule is Cc1nnc(SC[C@@H]2CN=C(c3ccccc3)NO2)s1. The zero-order valence-electron chi connectivity index (χ0n) is 10.9. The van der Waals surface area contributed by atoms with Gasteiger partial charge in [-0.25, -0.2) is 5.48 Å². The molecule has 104 valence electrons. The van der Waals surface area contributed by atoms with Gasteiger partial charge in [0.2, 0.25) is 0 Å². The first-order valence-corrected chi connectivity index (χ1v) is 8.06. The molecular formula is C13H14N4OS2. The van der Waals surface area contributed by atoms with E-state index in [9.17, 15) is 0 Å². The molecule has 1 N–H and O–H groups in total. The summed E-state index contributed by atoms with van der Waals surface area (Å²) in [6.07, 6.45) is 0.0525. The molecule has 20 heavy (non-hydrogen) atoms. The number of nitrogens with zero attached hydrogens (tertiary/aromatic N) is 3. The van der Waals surface area contributed by atoms with E-state index in [2.05, 4.69) is 20.7 Å². The number of thioether (sulfide) groups is 1. The molecule has 0 fully saturated rings. The fraction of sp³-hybridized carbons (Fsp3) is 0.308. The van der Waals surface area contributed by atoms with E-state index in [0.717, 1.165) is 26.5 Å². The van der Waals surface area contributed by atoms with E-state index in [1.54, 1.807) is 23.1 Å². The van der Waals surface area contributed by atoms with Crippen molar-refractivity contribution in [1.82, 2.24) is 15.7 Å². The van der Waals surface area contributed by atoms with Crippen LogP contribution in [0.3, 0.4) is 0 Å². The number of nitrogens with one attached hydrogen (secondary N) is 1. The number of aromatic nitrogens is 2. The molecule has 0 radical (unpaired) electrons. The number of aliphatic imine (C=N–C) groups is 1. The number of benzene rings is 1. The Morgan fingerprint density at radius 2 is 2.20 bits per heavy atom. The lowest BCUT2D eigenvalue weighted by molar-refractivity contribution is 0.0213. The van der Waals surface area contributed by atoms with Gasteiger partial charge in [-0.2, -0.15) is 0 Å². The standard InChI is InChI=1S/C13H14N4OS2/c1-9-15-16-13(20-9)19-8-11-7-14-12(17-18-11)10-5-3-2-4-6-10/h2-6,11H,7-8H2,1H3,(H,14,17)/t11-/m0/s1. The van der Waals surface area contributed by atoms with Crippen molar-refractivity contribution in [3.05, 3.63) is 40.9 Å². The number of hydroxylamine groups is 1. The molecule has 7 heteroatoms. The van der Waals surface area contributed by atoms with Crippen LogP contribution in [0.2, 0.25) is 0 Å². The van der Waals surface area contributed by atoms with Crippen molar-refractivity contribution in [2.75, 3.05) is 12.3 Å². The van der Waals surface area contributed by atoms with E-state index in [-0.39, 0.29) is 6.10 Å². The second-order valence-electron chi connectivity index (χ2n) is 4.30. The van der Waals surface area contributed by atoms with Gasteiger partial charge in [-0.3, -0.25) is 9.83 Å². The minimum absolute atomic E-state index is 0.0525. The van der Waals surface area contributed by atoms with Gasteiger partial charge >= 0.3 is 0 Å². The Morgan fingerprint density at radius 3 is 2.85 bits per heavy atom. The summed E-state index contributed by atoms with van der Waals surface area (Å²) in [5.41, 5.74) is 3.97. The first-order valence-electron chi connectivity index (χ1n) is 6.26. The number of rotatable bonds is 4. The van der Waals surface area contributed by atoms with Gasteiger partial charge in [-0.1, -0.05) is 53.4 Å². The van der Waals surface area contributed by atoms with Gasteiger partial charge in [0.15, 0.2) is 10.2 Å². The molecular weight excluding hydrogens is 292 g/mol. The predicted octanol–water partition coefficient (Wildman–Crippen LogP) is 2.29. The lowest BCUT2D eigenvalue weighted by Gasteiger charge is -2.22. The molecule has 1 aliphatic heterocycles. The molecule has 2 heterocycles. The maximum Gasteiger partial charge on any atom is 0.174 e. The second kappa shape index (κ2) is 6.34. The van der Waals surface area contributed by atoms with E-state index in [1.807, 2.05) is 37.3 Å². The molecule has 0 amide bonds. The van der Waals surface area contributed by atoms with Crippen molar-refractivity contribution in [3.8, 4) is 0 Å². The average molecular weight is 306 g/mol. The lowest BCUT2D eigenvalue weighted by Crippen LogP contribution is -2.38. The number of amidine groups is 1. The first-order chi connectivity index (χ1) is 9.81. The van der Waals surface area contributed by atoms with E-state index in [0.29, 0.717) is 6.54 Å². The zero-order valence-corrected chi connectivity index (χ0v) is 12.6. The highest BCUT2D eigenvalue weighted by atomic mass is 32.2. The Hall–Kier alpha value is -1.44. The third kappa shape index (κ3) is 3.36. The van der Waals surface area contributed by atoms with Gasteiger partial charge < -0.3 is 0 Å². The number of hydrogen-bond donors (Lipinski definition) is 1. The summed E-state index contributed by atoms with van der Waals surface area (Å²) >= 11 is 3.26. The molecule has 0 saturated heterocycles. The maximum atomic E-state index is 5.63. The molecule has 0 bridgehead atoms. The highest BCUT2D eigenvalue weighted by molar-refractivity contribution is 8.01. The molecule has 1 aliphatic rings. The minimum atomic E-state index is 0.0525. The summed E-state index contributed by atoms with van der Waals surface area (Å²) in [7, 11) is 0. The van der Waals surface area contributed by atoms with Crippen molar-refractivity contribution in [2.45, 2.75) is 17.4 Å². The van der Waals surface area contributed by atoms with Gasteiger partial charge in [0.1, 0.15) is 11.1 Å². The fourth-order valence-electron chi connectivity index (χ4n) is 1.74. The van der Waals surface area contributed by atoms with Crippen LogP contribution < -0.4 is 5.48 Å². The molecule has 0 aliphatic carbocycles. The molecule has 1 atom stereocenters. The molecule has 0 saturated carbocycles. The number of aryl methyl sites for hydroxylation is 1. The van der Waals surface area contributed by atoms with E-state index in [4.69, 9.17) is 4.84 Å². The summed E-state index contributed by atoms with van der Waals surface area (Å²) < 4.78 is 0.976. The van der Waals surface area contributed by atoms with Crippen LogP contribution in [0.15, 0.2) is 39.7 Å². The molecule has 2 aromatic rings. The van der Waals surface area contributed by atoms with Gasteiger partial charge in [0.25, 0.3) is 0 Å². The summed E-state index contributed by atoms with van der Waals surface area (Å²) in [4.78, 5) is 10.2. The summed E-state index contributed by atoms with van der Waals surface area (Å²) in [6.45, 7) is 2.61. The zero-order chi connectivity index (χ0) is 13.8. The van der Waals surface area contributed by atoms with Gasteiger partial charge in [-0.15, -0.1) is 10.2 Å². The summed E-state index contributed by atoms with van der Waals surface area (Å²) in [5, 5.41) is 9.06. The van der Waals surface area contributed by atoms with E-state index >= 15 is 0 Å². The van der Waals surface area contributed by atoms with Crippen LogP contribution >= 0.6 is 23.1 Å². The average Bonchev–Trinajstić information content (AvgIpc) is 2.92. The normalized spacial score (nSPS) is 18.4. The van der Waals surface area contributed by atoms with Gasteiger partial charge in [0, 0.05) is 11.3 Å². The fourth-order valence-corrected chi connectivity index (χ4v) is 3.55. The van der Waals surface area contributed by atoms with Gasteiger partial charge in [-0.05, 0) is 6.92 Å². The van der Waals surface area contributed by atoms with Crippen molar-refractivity contribution in [3.63, 3.8) is 0 Å². The monoisotopic (exact) mass is 306 g/mol. The largest absolute Gasteiger partial charge is 0.269 e. The topological polar surface area (TPSA) is 59.4 Å². The van der Waals surface area contributed by atoms with Crippen LogP contribution in [0.1, 0.15) is 10.6 Å². The van der Waals surface area contributed by atoms with Crippen LogP contribution in [0.25, 0.3) is 0 Å². The van der Waals surface area contributed by atoms with Crippen LogP contribution in [0, 0.1) is 6.92 Å². The van der Waals surface area contributed by atoms with Crippen molar-refractivity contribution in [2.24, 2.45) is 4.99 Å². The highest BCUT2D eigenvalue weighted by Gasteiger charge is 2.18. The predicted molar refractivity (Wildman–Crippen MR) is 81.2 cm³/mol. The van der Waals surface area contributed by atoms with Crippen molar-refractivity contribution in [1.29, 1.82) is 0 Å². The third-order valence-corrected chi connectivity index (χ3v) is 4.83. The van der Waals surface area contributed by atoms with Gasteiger partial charge in [0.05, 0.1) is 6.54 Å². The van der Waals surface area contributed by atoms with Crippen LogP contribution in [0.5, 0.6) is 0 Å². The molecule has 0 unspecified atom stereocenters. The molecule has 0 spiro atoms. The second-order valence-corrected chi connectivity index (χ2v) is 6.74. The maximum absolute atomic E-state index is 5.63. The van der Waals surface area contributed by atoms with Crippen molar-refractivity contribution < 1.29 is 4.84 Å². The first kappa shape index (κ1) is 13.5. The molecule has 1 aromatic carbocycles. The van der Waals surface area contributed by atoms with E-state index in [1.165, 1.54) is 0 Å².